The molecule has 0 aliphatic heterocycles. The molecule has 0 radical (unpaired) electrons. The Bertz CT molecular complexity index is 520. The molecule has 0 fully saturated rings. The molecule has 2 heterocycles. The van der Waals surface area contributed by atoms with Gasteiger partial charge in [0.25, 0.3) is 0 Å². The highest BCUT2D eigenvalue weighted by Gasteiger charge is 2.12. The first-order valence-corrected chi connectivity index (χ1v) is 6.22. The third-order valence-corrected chi connectivity index (χ3v) is 3.29. The number of aromatic amines is 1. The van der Waals surface area contributed by atoms with Crippen LogP contribution in [0, 0.1) is 27.7 Å². The molecule has 4 heteroatoms. The Hall–Kier alpha value is -1.55. The van der Waals surface area contributed by atoms with Crippen LogP contribution in [0.5, 0.6) is 0 Å². The average molecular weight is 247 g/mol. The molecule has 2 rings (SSSR count). The van der Waals surface area contributed by atoms with Crippen LogP contribution in [0.15, 0.2) is 10.5 Å². The van der Waals surface area contributed by atoms with Crippen molar-refractivity contribution < 1.29 is 4.42 Å². The van der Waals surface area contributed by atoms with E-state index in [1.54, 1.807) is 0 Å². The highest BCUT2D eigenvalue weighted by molar-refractivity contribution is 5.24. The number of nitrogens with one attached hydrogen (secondary N) is 1. The van der Waals surface area contributed by atoms with Gasteiger partial charge in [0.1, 0.15) is 11.5 Å². The van der Waals surface area contributed by atoms with Gasteiger partial charge in [0.2, 0.25) is 0 Å². The molecule has 0 bridgehead atoms. The Morgan fingerprint density at radius 2 is 1.94 bits per heavy atom. The summed E-state index contributed by atoms with van der Waals surface area (Å²) >= 11 is 0. The van der Waals surface area contributed by atoms with Crippen LogP contribution in [0.1, 0.15) is 34.0 Å². The van der Waals surface area contributed by atoms with E-state index in [-0.39, 0.29) is 0 Å². The highest BCUT2D eigenvalue weighted by Crippen LogP contribution is 2.18. The van der Waals surface area contributed by atoms with E-state index >= 15 is 0 Å². The van der Waals surface area contributed by atoms with Gasteiger partial charge in [0.15, 0.2) is 0 Å². The molecule has 0 amide bonds. The lowest BCUT2D eigenvalue weighted by atomic mass is 10.1. The molecule has 0 unspecified atom stereocenters. The summed E-state index contributed by atoms with van der Waals surface area (Å²) in [6, 6.07) is 2.11. The Labute approximate surface area is 108 Å². The molecule has 18 heavy (non-hydrogen) atoms. The second-order valence-electron chi connectivity index (χ2n) is 5.02. The van der Waals surface area contributed by atoms with Crippen LogP contribution in [-0.2, 0) is 13.1 Å². The van der Waals surface area contributed by atoms with Crippen molar-refractivity contribution >= 4 is 0 Å². The molecular weight excluding hydrogens is 226 g/mol. The van der Waals surface area contributed by atoms with Crippen LogP contribution in [-0.4, -0.2) is 22.1 Å². The zero-order valence-electron chi connectivity index (χ0n) is 11.8. The Morgan fingerprint density at radius 3 is 2.44 bits per heavy atom. The number of nitrogens with zero attached hydrogens (tertiary/aromatic N) is 2. The first kappa shape index (κ1) is 12.9. The zero-order valence-corrected chi connectivity index (χ0v) is 11.8. The van der Waals surface area contributed by atoms with E-state index in [1.807, 2.05) is 20.8 Å². The average Bonchev–Trinajstić information content (AvgIpc) is 2.75. The second kappa shape index (κ2) is 4.98. The van der Waals surface area contributed by atoms with E-state index in [2.05, 4.69) is 35.1 Å². The lowest BCUT2D eigenvalue weighted by molar-refractivity contribution is 0.315. The minimum atomic E-state index is 0.896. The molecule has 0 aliphatic rings. The summed E-state index contributed by atoms with van der Waals surface area (Å²) in [6.07, 6.45) is 0. The topological polar surface area (TPSA) is 45.1 Å². The fraction of sp³-hybridized carbons (Fsp3) is 0.500. The summed E-state index contributed by atoms with van der Waals surface area (Å²) < 4.78 is 5.55. The number of aromatic nitrogens is 2. The standard InChI is InChI=1S/C14H21N3O/c1-9-6-13(12(4)18-9)7-17(5)8-14-10(2)15-16-11(14)3/h6H,7-8H2,1-5H3,(H,15,16). The number of hydrogen-bond donors (Lipinski definition) is 1. The number of hydrogen-bond acceptors (Lipinski definition) is 3. The van der Waals surface area contributed by atoms with Crippen molar-refractivity contribution in [3.63, 3.8) is 0 Å². The third kappa shape index (κ3) is 2.64. The minimum Gasteiger partial charge on any atom is -0.466 e. The molecule has 0 saturated carbocycles. The van der Waals surface area contributed by atoms with Gasteiger partial charge in [-0.3, -0.25) is 10.00 Å². The first-order valence-electron chi connectivity index (χ1n) is 6.22. The quantitative estimate of drug-likeness (QED) is 0.903. The van der Waals surface area contributed by atoms with Gasteiger partial charge in [0.05, 0.1) is 5.69 Å². The second-order valence-corrected chi connectivity index (χ2v) is 5.02. The number of aryl methyl sites for hydroxylation is 4. The van der Waals surface area contributed by atoms with Crippen molar-refractivity contribution in [2.24, 2.45) is 0 Å². The fourth-order valence-electron chi connectivity index (χ4n) is 2.26. The predicted octanol–water partition coefficient (Wildman–Crippen LogP) is 2.87. The van der Waals surface area contributed by atoms with Gasteiger partial charge in [-0.15, -0.1) is 0 Å². The van der Waals surface area contributed by atoms with Crippen LogP contribution < -0.4 is 0 Å². The van der Waals surface area contributed by atoms with E-state index in [4.69, 9.17) is 4.42 Å². The zero-order chi connectivity index (χ0) is 13.3. The lowest BCUT2D eigenvalue weighted by Gasteiger charge is -2.16. The summed E-state index contributed by atoms with van der Waals surface area (Å²) in [4.78, 5) is 2.28. The molecule has 2 aromatic heterocycles. The van der Waals surface area contributed by atoms with Crippen LogP contribution in [0.3, 0.4) is 0 Å². The summed E-state index contributed by atoms with van der Waals surface area (Å²) in [7, 11) is 2.12. The van der Waals surface area contributed by atoms with E-state index in [9.17, 15) is 0 Å². The molecule has 0 atom stereocenters. The van der Waals surface area contributed by atoms with Gasteiger partial charge in [-0.2, -0.15) is 5.10 Å². The molecule has 98 valence electrons. The summed E-state index contributed by atoms with van der Waals surface area (Å²) in [5, 5.41) is 7.25. The predicted molar refractivity (Wildman–Crippen MR) is 71.4 cm³/mol. The Balaban J connectivity index is 2.05. The van der Waals surface area contributed by atoms with E-state index in [0.29, 0.717) is 0 Å². The van der Waals surface area contributed by atoms with E-state index in [0.717, 1.165) is 36.0 Å². The minimum absolute atomic E-state index is 0.896. The van der Waals surface area contributed by atoms with Crippen LogP contribution in [0.4, 0.5) is 0 Å². The summed E-state index contributed by atoms with van der Waals surface area (Å²) in [5.74, 6) is 1.99. The summed E-state index contributed by atoms with van der Waals surface area (Å²) in [5.41, 5.74) is 4.78. The maximum Gasteiger partial charge on any atom is 0.105 e. The fourth-order valence-corrected chi connectivity index (χ4v) is 2.26. The molecular formula is C14H21N3O. The van der Waals surface area contributed by atoms with Crippen molar-refractivity contribution in [3.05, 3.63) is 40.1 Å². The molecule has 0 aromatic carbocycles. The Morgan fingerprint density at radius 1 is 1.22 bits per heavy atom. The molecule has 0 saturated heterocycles. The number of H-pyrrole nitrogens is 1. The van der Waals surface area contributed by atoms with Crippen LogP contribution in [0.25, 0.3) is 0 Å². The van der Waals surface area contributed by atoms with Crippen molar-refractivity contribution in [2.45, 2.75) is 40.8 Å². The van der Waals surface area contributed by atoms with Crippen molar-refractivity contribution in [3.8, 4) is 0 Å². The molecule has 0 spiro atoms. The van der Waals surface area contributed by atoms with Gasteiger partial charge < -0.3 is 4.42 Å². The molecule has 0 aliphatic carbocycles. The smallest absolute Gasteiger partial charge is 0.105 e. The maximum atomic E-state index is 5.55. The van der Waals surface area contributed by atoms with Gasteiger partial charge in [-0.25, -0.2) is 0 Å². The van der Waals surface area contributed by atoms with Crippen LogP contribution in [0.2, 0.25) is 0 Å². The largest absolute Gasteiger partial charge is 0.466 e. The number of furan rings is 1. The molecule has 4 nitrogen and oxygen atoms in total. The monoisotopic (exact) mass is 247 g/mol. The van der Waals surface area contributed by atoms with Gasteiger partial charge in [-0.05, 0) is 40.8 Å². The SMILES string of the molecule is Cc1cc(CN(C)Cc2c(C)n[nH]c2C)c(C)o1. The van der Waals surface area contributed by atoms with Gasteiger partial charge >= 0.3 is 0 Å². The lowest BCUT2D eigenvalue weighted by Crippen LogP contribution is -2.18. The molecule has 1 N–H and O–H groups in total. The maximum absolute atomic E-state index is 5.55. The first-order chi connectivity index (χ1) is 8.47. The third-order valence-electron chi connectivity index (χ3n) is 3.29. The van der Waals surface area contributed by atoms with Gasteiger partial charge in [-0.1, -0.05) is 0 Å². The van der Waals surface area contributed by atoms with Gasteiger partial charge in [0, 0.05) is 29.9 Å². The van der Waals surface area contributed by atoms with Crippen molar-refractivity contribution in [2.75, 3.05) is 7.05 Å². The summed E-state index contributed by atoms with van der Waals surface area (Å²) in [6.45, 7) is 9.91. The van der Waals surface area contributed by atoms with Crippen molar-refractivity contribution in [1.82, 2.24) is 15.1 Å². The normalized spacial score (nSPS) is 11.4. The number of rotatable bonds is 4. The van der Waals surface area contributed by atoms with Crippen LogP contribution >= 0.6 is 0 Å². The molecule has 2 aromatic rings. The van der Waals surface area contributed by atoms with E-state index in [1.165, 1.54) is 11.1 Å². The highest BCUT2D eigenvalue weighted by atomic mass is 16.3. The Kier molecular flexibility index (Phi) is 3.57. The van der Waals surface area contributed by atoms with E-state index < -0.39 is 0 Å². The van der Waals surface area contributed by atoms with Crippen molar-refractivity contribution in [1.29, 1.82) is 0 Å².